The molecule has 0 radical (unpaired) electrons. The molecule has 19 heavy (non-hydrogen) atoms. The van der Waals surface area contributed by atoms with Crippen LogP contribution in [0.5, 0.6) is 0 Å². The van der Waals surface area contributed by atoms with Gasteiger partial charge in [0, 0.05) is 43.9 Å². The van der Waals surface area contributed by atoms with Crippen LogP contribution in [0.2, 0.25) is 0 Å². The van der Waals surface area contributed by atoms with Crippen molar-refractivity contribution in [3.05, 3.63) is 23.8 Å². The van der Waals surface area contributed by atoms with Gasteiger partial charge < -0.3 is 15.5 Å². The summed E-state index contributed by atoms with van der Waals surface area (Å²) in [7, 11) is 0. The third-order valence-corrected chi connectivity index (χ3v) is 3.81. The maximum absolute atomic E-state index is 11.9. The average molecular weight is 259 g/mol. The first-order valence-electron chi connectivity index (χ1n) is 6.53. The van der Waals surface area contributed by atoms with Crippen molar-refractivity contribution in [1.82, 2.24) is 0 Å². The van der Waals surface area contributed by atoms with Crippen molar-refractivity contribution in [2.75, 3.05) is 22.9 Å². The van der Waals surface area contributed by atoms with Crippen LogP contribution in [0, 0.1) is 0 Å². The fraction of sp³-hybridized carbons (Fsp3) is 0.429. The van der Waals surface area contributed by atoms with Crippen molar-refractivity contribution < 1.29 is 9.59 Å². The van der Waals surface area contributed by atoms with Crippen LogP contribution in [0.3, 0.4) is 0 Å². The molecule has 1 aromatic carbocycles. The highest BCUT2D eigenvalue weighted by Gasteiger charge is 2.30. The third kappa shape index (κ3) is 2.00. The van der Waals surface area contributed by atoms with E-state index in [0.29, 0.717) is 13.0 Å². The monoisotopic (exact) mass is 259 g/mol. The Labute approximate surface area is 112 Å². The molecule has 1 atom stereocenters. The Bertz CT molecular complexity index is 556. The lowest BCUT2D eigenvalue weighted by Gasteiger charge is -2.20. The zero-order chi connectivity index (χ0) is 13.6. The highest BCUT2D eigenvalue weighted by Crippen LogP contribution is 2.33. The summed E-state index contributed by atoms with van der Waals surface area (Å²) in [6.45, 7) is 2.85. The van der Waals surface area contributed by atoms with Crippen LogP contribution in [0.4, 0.5) is 11.4 Å². The van der Waals surface area contributed by atoms with Crippen molar-refractivity contribution >= 4 is 23.2 Å². The minimum absolute atomic E-state index is 0.0420. The quantitative estimate of drug-likeness (QED) is 0.805. The van der Waals surface area contributed by atoms with Crippen LogP contribution >= 0.6 is 0 Å². The molecule has 2 N–H and O–H groups in total. The largest absolute Gasteiger partial charge is 0.326 e. The molecular formula is C14H17N3O2. The van der Waals surface area contributed by atoms with E-state index < -0.39 is 0 Å². The molecule has 2 aliphatic rings. The molecule has 0 aliphatic carbocycles. The molecule has 5 nitrogen and oxygen atoms in total. The van der Waals surface area contributed by atoms with Gasteiger partial charge in [-0.1, -0.05) is 6.07 Å². The van der Waals surface area contributed by atoms with Gasteiger partial charge in [0.1, 0.15) is 0 Å². The molecule has 1 aromatic rings. The molecule has 1 unspecified atom stereocenters. The highest BCUT2D eigenvalue weighted by atomic mass is 16.2. The normalized spacial score (nSPS) is 22.0. The second-order valence-corrected chi connectivity index (χ2v) is 5.20. The lowest BCUT2D eigenvalue weighted by atomic mass is 10.1. The van der Waals surface area contributed by atoms with E-state index in [1.807, 2.05) is 18.2 Å². The zero-order valence-corrected chi connectivity index (χ0v) is 10.9. The van der Waals surface area contributed by atoms with Gasteiger partial charge in [0.15, 0.2) is 0 Å². The highest BCUT2D eigenvalue weighted by molar-refractivity contribution is 5.99. The lowest BCUT2D eigenvalue weighted by Crippen LogP contribution is -2.29. The molecule has 1 saturated heterocycles. The zero-order valence-electron chi connectivity index (χ0n) is 10.9. The van der Waals surface area contributed by atoms with E-state index in [9.17, 15) is 9.59 Å². The number of hydrogen-bond acceptors (Lipinski definition) is 3. The number of carbonyl (C=O) groups is 2. The molecule has 3 rings (SSSR count). The van der Waals surface area contributed by atoms with Gasteiger partial charge in [0.05, 0.1) is 0 Å². The number of anilines is 2. The van der Waals surface area contributed by atoms with Crippen LogP contribution in [0.1, 0.15) is 18.9 Å². The topological polar surface area (TPSA) is 66.6 Å². The molecule has 0 saturated carbocycles. The fourth-order valence-electron chi connectivity index (χ4n) is 2.85. The van der Waals surface area contributed by atoms with Crippen molar-refractivity contribution in [3.8, 4) is 0 Å². The van der Waals surface area contributed by atoms with Gasteiger partial charge in [-0.05, 0) is 24.1 Å². The molecule has 1 fully saturated rings. The van der Waals surface area contributed by atoms with Crippen LogP contribution in [-0.2, 0) is 16.0 Å². The number of hydrogen-bond donors (Lipinski definition) is 1. The van der Waals surface area contributed by atoms with Gasteiger partial charge >= 0.3 is 0 Å². The smallest absolute Gasteiger partial charge is 0.228 e. The Hall–Kier alpha value is -1.88. The number of rotatable bonds is 1. The van der Waals surface area contributed by atoms with E-state index >= 15 is 0 Å². The van der Waals surface area contributed by atoms with Crippen LogP contribution in [0.25, 0.3) is 0 Å². The van der Waals surface area contributed by atoms with E-state index in [4.69, 9.17) is 5.73 Å². The van der Waals surface area contributed by atoms with Crippen molar-refractivity contribution in [3.63, 3.8) is 0 Å². The summed E-state index contributed by atoms with van der Waals surface area (Å²) in [5.74, 6) is 0.0974. The minimum atomic E-state index is -0.0929. The molecule has 2 amide bonds. The van der Waals surface area contributed by atoms with Gasteiger partial charge in [-0.2, -0.15) is 0 Å². The maximum atomic E-state index is 11.9. The predicted octanol–water partition coefficient (Wildman–Crippen LogP) is 0.660. The molecule has 0 bridgehead atoms. The van der Waals surface area contributed by atoms with Gasteiger partial charge in [0.2, 0.25) is 11.8 Å². The number of carbonyl (C=O) groups excluding carboxylic acids is 2. The fourth-order valence-corrected chi connectivity index (χ4v) is 2.85. The van der Waals surface area contributed by atoms with Crippen LogP contribution in [0.15, 0.2) is 18.2 Å². The van der Waals surface area contributed by atoms with E-state index in [-0.39, 0.29) is 17.9 Å². The molecular weight excluding hydrogens is 242 g/mol. The Morgan fingerprint density at radius 2 is 2.21 bits per heavy atom. The Kier molecular flexibility index (Phi) is 2.78. The van der Waals surface area contributed by atoms with Gasteiger partial charge in [-0.15, -0.1) is 0 Å². The van der Waals surface area contributed by atoms with Crippen molar-refractivity contribution in [2.24, 2.45) is 5.73 Å². The number of fused-ring (bicyclic) bond motifs is 1. The van der Waals surface area contributed by atoms with E-state index in [2.05, 4.69) is 0 Å². The molecule has 0 spiro atoms. The Morgan fingerprint density at radius 3 is 2.84 bits per heavy atom. The van der Waals surface area contributed by atoms with Crippen molar-refractivity contribution in [2.45, 2.75) is 25.8 Å². The van der Waals surface area contributed by atoms with Crippen LogP contribution in [-0.4, -0.2) is 30.9 Å². The first kappa shape index (κ1) is 12.2. The summed E-state index contributed by atoms with van der Waals surface area (Å²) in [6.07, 6.45) is 1.27. The number of benzene rings is 1. The number of nitrogens with zero attached hydrogens (tertiary/aromatic N) is 2. The molecule has 100 valence electrons. The molecule has 2 aliphatic heterocycles. The molecule has 5 heteroatoms. The average Bonchev–Trinajstić information content (AvgIpc) is 2.91. The van der Waals surface area contributed by atoms with Crippen molar-refractivity contribution in [1.29, 1.82) is 0 Å². The Balaban J connectivity index is 1.95. The standard InChI is InChI=1S/C14H17N3O2/c1-9(18)16-5-4-10-2-3-12(7-13(10)16)17-8-11(15)6-14(17)19/h2-3,7,11H,4-6,8,15H2,1H3. The number of amides is 2. The second-order valence-electron chi connectivity index (χ2n) is 5.20. The van der Waals surface area contributed by atoms with Gasteiger partial charge in [0.25, 0.3) is 0 Å². The van der Waals surface area contributed by atoms with E-state index in [1.54, 1.807) is 16.7 Å². The predicted molar refractivity (Wildman–Crippen MR) is 73.1 cm³/mol. The SMILES string of the molecule is CC(=O)N1CCc2ccc(N3CC(N)CC3=O)cc21. The molecule has 2 heterocycles. The van der Waals surface area contributed by atoms with E-state index in [0.717, 1.165) is 29.9 Å². The van der Waals surface area contributed by atoms with Crippen LogP contribution < -0.4 is 15.5 Å². The molecule has 0 aromatic heterocycles. The lowest BCUT2D eigenvalue weighted by molar-refractivity contribution is -0.117. The summed E-state index contributed by atoms with van der Waals surface area (Å²) in [5.41, 5.74) is 8.74. The third-order valence-electron chi connectivity index (χ3n) is 3.81. The number of nitrogens with two attached hydrogens (primary N) is 1. The Morgan fingerprint density at radius 1 is 1.42 bits per heavy atom. The van der Waals surface area contributed by atoms with Gasteiger partial charge in [-0.3, -0.25) is 9.59 Å². The second kappa shape index (κ2) is 4.35. The summed E-state index contributed by atoms with van der Waals surface area (Å²) in [5, 5.41) is 0. The van der Waals surface area contributed by atoms with Gasteiger partial charge in [-0.25, -0.2) is 0 Å². The minimum Gasteiger partial charge on any atom is -0.326 e. The summed E-state index contributed by atoms with van der Waals surface area (Å²) in [6, 6.07) is 5.78. The first-order valence-corrected chi connectivity index (χ1v) is 6.53. The summed E-state index contributed by atoms with van der Waals surface area (Å²) in [4.78, 5) is 26.9. The maximum Gasteiger partial charge on any atom is 0.228 e. The summed E-state index contributed by atoms with van der Waals surface area (Å²) < 4.78 is 0. The first-order chi connectivity index (χ1) is 9.06. The van der Waals surface area contributed by atoms with E-state index in [1.165, 1.54) is 0 Å². The summed E-state index contributed by atoms with van der Waals surface area (Å²) >= 11 is 0.